The van der Waals surface area contributed by atoms with Gasteiger partial charge in [0.25, 0.3) is 0 Å². The average Bonchev–Trinajstić information content (AvgIpc) is 2.80. The normalized spacial score (nSPS) is 19.4. The summed E-state index contributed by atoms with van der Waals surface area (Å²) in [6, 6.07) is 2.97. The largest absolute Gasteiger partial charge is 0.393 e. The number of amides is 2. The molecule has 1 aliphatic rings. The van der Waals surface area contributed by atoms with E-state index in [0.29, 0.717) is 19.0 Å². The van der Waals surface area contributed by atoms with Crippen LogP contribution in [0.3, 0.4) is 0 Å². The van der Waals surface area contributed by atoms with Crippen molar-refractivity contribution in [1.82, 2.24) is 5.32 Å². The molecule has 1 heterocycles. The minimum absolute atomic E-state index is 0.0165. The molecule has 1 aromatic carbocycles. The van der Waals surface area contributed by atoms with Crippen molar-refractivity contribution in [2.75, 3.05) is 18.0 Å². The van der Waals surface area contributed by atoms with Gasteiger partial charge in [0.15, 0.2) is 0 Å². The van der Waals surface area contributed by atoms with Gasteiger partial charge in [-0.25, -0.2) is 8.78 Å². The molecular formula is C15H18F2N2O3. The summed E-state index contributed by atoms with van der Waals surface area (Å²) in [6.07, 6.45) is -0.115. The van der Waals surface area contributed by atoms with E-state index >= 15 is 0 Å². The zero-order valence-electron chi connectivity index (χ0n) is 12.2. The van der Waals surface area contributed by atoms with Crippen LogP contribution in [0.15, 0.2) is 18.2 Å². The molecule has 2 N–H and O–H groups in total. The molecule has 0 aliphatic carbocycles. The van der Waals surface area contributed by atoms with Crippen LogP contribution in [-0.2, 0) is 9.59 Å². The Balaban J connectivity index is 2.00. The van der Waals surface area contributed by atoms with Crippen LogP contribution in [-0.4, -0.2) is 36.1 Å². The first-order valence-corrected chi connectivity index (χ1v) is 7.09. The standard InChI is InChI=1S/C15H18F2N2O3/c1-9(20)4-5-18-15(22)10-6-14(21)19(8-10)13-3-2-11(16)7-12(13)17/h2-3,7,9-10,20H,4-6,8H2,1H3,(H,18,22). The number of nitrogens with zero attached hydrogens (tertiary/aromatic N) is 1. The molecule has 2 atom stereocenters. The maximum atomic E-state index is 13.7. The second kappa shape index (κ2) is 6.83. The zero-order chi connectivity index (χ0) is 16.3. The van der Waals surface area contributed by atoms with Gasteiger partial charge < -0.3 is 15.3 Å². The highest BCUT2D eigenvalue weighted by molar-refractivity contribution is 6.00. The van der Waals surface area contributed by atoms with Gasteiger partial charge in [-0.3, -0.25) is 9.59 Å². The number of aliphatic hydroxyl groups is 1. The summed E-state index contributed by atoms with van der Waals surface area (Å²) in [6.45, 7) is 1.98. The third-order valence-electron chi connectivity index (χ3n) is 3.56. The Morgan fingerprint density at radius 3 is 2.86 bits per heavy atom. The number of aliphatic hydroxyl groups excluding tert-OH is 1. The van der Waals surface area contributed by atoms with Crippen LogP contribution in [0.2, 0.25) is 0 Å². The van der Waals surface area contributed by atoms with Gasteiger partial charge in [0.2, 0.25) is 11.8 Å². The quantitative estimate of drug-likeness (QED) is 0.858. The Hall–Kier alpha value is -2.02. The molecule has 1 aromatic rings. The lowest BCUT2D eigenvalue weighted by Crippen LogP contribution is -2.34. The summed E-state index contributed by atoms with van der Waals surface area (Å²) < 4.78 is 26.6. The Bertz CT molecular complexity index is 578. The number of anilines is 1. The molecule has 0 saturated carbocycles. The molecule has 1 fully saturated rings. The fourth-order valence-electron chi connectivity index (χ4n) is 2.36. The molecule has 2 rings (SSSR count). The van der Waals surface area contributed by atoms with Crippen LogP contribution in [0, 0.1) is 17.6 Å². The van der Waals surface area contributed by atoms with Gasteiger partial charge in [-0.15, -0.1) is 0 Å². The van der Waals surface area contributed by atoms with Gasteiger partial charge in [0, 0.05) is 25.6 Å². The smallest absolute Gasteiger partial charge is 0.227 e. The number of carbonyl (C=O) groups is 2. The molecular weight excluding hydrogens is 294 g/mol. The molecule has 2 amide bonds. The van der Waals surface area contributed by atoms with E-state index in [2.05, 4.69) is 5.32 Å². The lowest BCUT2D eigenvalue weighted by Gasteiger charge is -2.17. The van der Waals surface area contributed by atoms with Crippen LogP contribution in [0.5, 0.6) is 0 Å². The molecule has 5 nitrogen and oxygen atoms in total. The monoisotopic (exact) mass is 312 g/mol. The van der Waals surface area contributed by atoms with Gasteiger partial charge >= 0.3 is 0 Å². The van der Waals surface area contributed by atoms with Crippen molar-refractivity contribution in [2.45, 2.75) is 25.9 Å². The molecule has 0 aromatic heterocycles. The van der Waals surface area contributed by atoms with E-state index in [0.717, 1.165) is 11.0 Å². The lowest BCUT2D eigenvalue weighted by atomic mass is 10.1. The van der Waals surface area contributed by atoms with Gasteiger partial charge in [0.05, 0.1) is 17.7 Å². The molecule has 1 aliphatic heterocycles. The highest BCUT2D eigenvalue weighted by Crippen LogP contribution is 2.27. The highest BCUT2D eigenvalue weighted by Gasteiger charge is 2.36. The molecule has 22 heavy (non-hydrogen) atoms. The molecule has 120 valence electrons. The van der Waals surface area contributed by atoms with Crippen molar-refractivity contribution >= 4 is 17.5 Å². The summed E-state index contributed by atoms with van der Waals surface area (Å²) in [5.74, 6) is -2.81. The Morgan fingerprint density at radius 2 is 2.23 bits per heavy atom. The van der Waals surface area contributed by atoms with Crippen LogP contribution in [0.4, 0.5) is 14.5 Å². The Kier molecular flexibility index (Phi) is 5.07. The highest BCUT2D eigenvalue weighted by atomic mass is 19.1. The number of hydrogen-bond donors (Lipinski definition) is 2. The fourth-order valence-corrected chi connectivity index (χ4v) is 2.36. The van der Waals surface area contributed by atoms with E-state index in [1.807, 2.05) is 0 Å². The number of halogens is 2. The van der Waals surface area contributed by atoms with Crippen LogP contribution >= 0.6 is 0 Å². The average molecular weight is 312 g/mol. The first kappa shape index (κ1) is 16.4. The predicted octanol–water partition coefficient (Wildman–Crippen LogP) is 1.20. The number of hydrogen-bond acceptors (Lipinski definition) is 3. The van der Waals surface area contributed by atoms with Gasteiger partial charge in [-0.1, -0.05) is 0 Å². The number of rotatable bonds is 5. The Morgan fingerprint density at radius 1 is 1.50 bits per heavy atom. The summed E-state index contributed by atoms with van der Waals surface area (Å²) >= 11 is 0. The maximum absolute atomic E-state index is 13.7. The van der Waals surface area contributed by atoms with Crippen LogP contribution < -0.4 is 10.2 Å². The van der Waals surface area contributed by atoms with Crippen molar-refractivity contribution in [3.8, 4) is 0 Å². The van der Waals surface area contributed by atoms with Crippen LogP contribution in [0.1, 0.15) is 19.8 Å². The van der Waals surface area contributed by atoms with E-state index in [1.54, 1.807) is 6.92 Å². The SMILES string of the molecule is CC(O)CCNC(=O)C1CC(=O)N(c2ccc(F)cc2F)C1. The van der Waals surface area contributed by atoms with Crippen molar-refractivity contribution in [1.29, 1.82) is 0 Å². The van der Waals surface area contributed by atoms with Crippen molar-refractivity contribution in [2.24, 2.45) is 5.92 Å². The van der Waals surface area contributed by atoms with Gasteiger partial charge in [-0.2, -0.15) is 0 Å². The van der Waals surface area contributed by atoms with Gasteiger partial charge in [0.1, 0.15) is 11.6 Å². The summed E-state index contributed by atoms with van der Waals surface area (Å²) in [5.41, 5.74) is -0.0225. The van der Waals surface area contributed by atoms with Crippen molar-refractivity contribution < 1.29 is 23.5 Å². The first-order valence-electron chi connectivity index (χ1n) is 7.09. The first-order chi connectivity index (χ1) is 10.4. The van der Waals surface area contributed by atoms with E-state index in [-0.39, 0.29) is 30.5 Å². The summed E-state index contributed by atoms with van der Waals surface area (Å²) in [5, 5.41) is 11.8. The summed E-state index contributed by atoms with van der Waals surface area (Å²) in [7, 11) is 0. The number of carbonyl (C=O) groups excluding carboxylic acids is 2. The molecule has 0 spiro atoms. The van der Waals surface area contributed by atoms with E-state index in [4.69, 9.17) is 5.11 Å². The van der Waals surface area contributed by atoms with Gasteiger partial charge in [-0.05, 0) is 25.5 Å². The van der Waals surface area contributed by atoms with Crippen molar-refractivity contribution in [3.05, 3.63) is 29.8 Å². The second-order valence-electron chi connectivity index (χ2n) is 5.43. The predicted molar refractivity (Wildman–Crippen MR) is 76.1 cm³/mol. The molecule has 0 radical (unpaired) electrons. The van der Waals surface area contributed by atoms with Crippen molar-refractivity contribution in [3.63, 3.8) is 0 Å². The maximum Gasteiger partial charge on any atom is 0.227 e. The molecule has 7 heteroatoms. The van der Waals surface area contributed by atoms with E-state index in [1.165, 1.54) is 6.07 Å². The number of benzene rings is 1. The fraction of sp³-hybridized carbons (Fsp3) is 0.467. The zero-order valence-corrected chi connectivity index (χ0v) is 12.2. The lowest BCUT2D eigenvalue weighted by molar-refractivity contribution is -0.126. The van der Waals surface area contributed by atoms with Crippen LogP contribution in [0.25, 0.3) is 0 Å². The second-order valence-corrected chi connectivity index (χ2v) is 5.43. The molecule has 2 unspecified atom stereocenters. The van der Waals surface area contributed by atoms with E-state index < -0.39 is 23.7 Å². The minimum atomic E-state index is -0.830. The molecule has 0 bridgehead atoms. The third kappa shape index (κ3) is 3.79. The minimum Gasteiger partial charge on any atom is -0.393 e. The molecule has 1 saturated heterocycles. The van der Waals surface area contributed by atoms with E-state index in [9.17, 15) is 18.4 Å². The topological polar surface area (TPSA) is 69.6 Å². The Labute approximate surface area is 126 Å². The number of nitrogens with one attached hydrogen (secondary N) is 1. The summed E-state index contributed by atoms with van der Waals surface area (Å²) in [4.78, 5) is 25.1. The third-order valence-corrected chi connectivity index (χ3v) is 3.56.